The Bertz CT molecular complexity index is 804. The van der Waals surface area contributed by atoms with E-state index in [-0.39, 0.29) is 0 Å². The van der Waals surface area contributed by atoms with E-state index in [0.29, 0.717) is 0 Å². The molecule has 0 aliphatic rings. The quantitative estimate of drug-likeness (QED) is 0.612. The fourth-order valence-corrected chi connectivity index (χ4v) is 2.82. The molecule has 0 spiro atoms. The van der Waals surface area contributed by atoms with Crippen LogP contribution in [0.3, 0.4) is 0 Å². The molecule has 0 saturated heterocycles. The van der Waals surface area contributed by atoms with E-state index in [1.807, 2.05) is 12.3 Å². The molecule has 0 aliphatic heterocycles. The monoisotopic (exact) mass is 263 g/mol. The molecule has 0 aliphatic carbocycles. The molecular formula is C18H19N2+. The van der Waals surface area contributed by atoms with Crippen molar-refractivity contribution >= 4 is 10.9 Å². The summed E-state index contributed by atoms with van der Waals surface area (Å²) in [6.45, 7) is 6.52. The largest absolute Gasteiger partial charge is 0.256 e. The smallest absolute Gasteiger partial charge is 0.222 e. The Morgan fingerprint density at radius 1 is 1.05 bits per heavy atom. The number of benzene rings is 1. The molecule has 0 N–H and O–H groups in total. The highest BCUT2D eigenvalue weighted by molar-refractivity contribution is 5.91. The van der Waals surface area contributed by atoms with Crippen LogP contribution >= 0.6 is 0 Å². The number of aromatic nitrogens is 2. The van der Waals surface area contributed by atoms with Crippen LogP contribution in [0, 0.1) is 20.8 Å². The van der Waals surface area contributed by atoms with Gasteiger partial charge in [0.25, 0.3) is 0 Å². The van der Waals surface area contributed by atoms with Crippen molar-refractivity contribution < 1.29 is 4.57 Å². The van der Waals surface area contributed by atoms with E-state index in [4.69, 9.17) is 0 Å². The van der Waals surface area contributed by atoms with Crippen LogP contribution in [0.2, 0.25) is 0 Å². The van der Waals surface area contributed by atoms with E-state index in [1.54, 1.807) is 0 Å². The summed E-state index contributed by atoms with van der Waals surface area (Å²) in [6, 6.07) is 10.7. The Morgan fingerprint density at radius 3 is 2.65 bits per heavy atom. The number of fused-ring (bicyclic) bond motifs is 1. The lowest BCUT2D eigenvalue weighted by molar-refractivity contribution is -0.659. The summed E-state index contributed by atoms with van der Waals surface area (Å²) in [7, 11) is 2.10. The number of nitrogens with zero attached hydrogens (tertiary/aromatic N) is 2. The van der Waals surface area contributed by atoms with Crippen molar-refractivity contribution in [2.45, 2.75) is 20.8 Å². The van der Waals surface area contributed by atoms with E-state index in [1.165, 1.54) is 33.3 Å². The predicted molar refractivity (Wildman–Crippen MR) is 82.6 cm³/mol. The molecule has 0 unspecified atom stereocenters. The first-order valence-corrected chi connectivity index (χ1v) is 6.89. The predicted octanol–water partition coefficient (Wildman–Crippen LogP) is 3.65. The number of hydrogen-bond acceptors (Lipinski definition) is 1. The number of aryl methyl sites for hydroxylation is 3. The van der Waals surface area contributed by atoms with Crippen LogP contribution in [0.5, 0.6) is 0 Å². The van der Waals surface area contributed by atoms with Crippen molar-refractivity contribution in [1.29, 1.82) is 0 Å². The molecule has 0 radical (unpaired) electrons. The summed E-state index contributed by atoms with van der Waals surface area (Å²) >= 11 is 0. The highest BCUT2D eigenvalue weighted by Gasteiger charge is 2.18. The van der Waals surface area contributed by atoms with Gasteiger partial charge < -0.3 is 0 Å². The molecule has 0 fully saturated rings. The molecule has 2 aromatic heterocycles. The molecule has 3 rings (SSSR count). The molecule has 0 bridgehead atoms. The third-order valence-corrected chi connectivity index (χ3v) is 3.97. The van der Waals surface area contributed by atoms with Gasteiger partial charge in [0.15, 0.2) is 6.20 Å². The van der Waals surface area contributed by atoms with Crippen LogP contribution < -0.4 is 4.57 Å². The van der Waals surface area contributed by atoms with E-state index in [0.717, 1.165) is 5.52 Å². The minimum atomic E-state index is 1.04. The molecule has 3 aromatic rings. The third-order valence-electron chi connectivity index (χ3n) is 3.97. The van der Waals surface area contributed by atoms with Gasteiger partial charge in [0, 0.05) is 12.3 Å². The van der Waals surface area contributed by atoms with Gasteiger partial charge in [-0.1, -0.05) is 11.6 Å². The minimum absolute atomic E-state index is 1.04. The van der Waals surface area contributed by atoms with Crippen molar-refractivity contribution in [3.63, 3.8) is 0 Å². The van der Waals surface area contributed by atoms with Gasteiger partial charge in [-0.15, -0.1) is 0 Å². The highest BCUT2D eigenvalue weighted by atomic mass is 14.9. The molecule has 0 amide bonds. The summed E-state index contributed by atoms with van der Waals surface area (Å²) in [6.07, 6.45) is 3.93. The summed E-state index contributed by atoms with van der Waals surface area (Å²) in [5.41, 5.74) is 7.54. The highest BCUT2D eigenvalue weighted by Crippen LogP contribution is 2.29. The van der Waals surface area contributed by atoms with Crippen LogP contribution in [-0.4, -0.2) is 4.98 Å². The zero-order chi connectivity index (χ0) is 14.3. The van der Waals surface area contributed by atoms with Gasteiger partial charge in [0.1, 0.15) is 7.05 Å². The number of pyridine rings is 2. The van der Waals surface area contributed by atoms with Crippen LogP contribution in [0.25, 0.3) is 22.2 Å². The fraction of sp³-hybridized carbons (Fsp3) is 0.222. The topological polar surface area (TPSA) is 16.8 Å². The Morgan fingerprint density at radius 2 is 1.85 bits per heavy atom. The standard InChI is InChI=1S/C18H19N2/c1-12-10-13(2)14(3)16(11-12)18-15-6-5-8-19-17(15)7-9-20(18)4/h5-11H,1-4H3/q+1. The van der Waals surface area contributed by atoms with Gasteiger partial charge in [0.2, 0.25) is 5.69 Å². The van der Waals surface area contributed by atoms with Gasteiger partial charge in [-0.25, -0.2) is 4.57 Å². The minimum Gasteiger partial charge on any atom is -0.256 e. The first kappa shape index (κ1) is 12.8. The maximum Gasteiger partial charge on any atom is 0.222 e. The van der Waals surface area contributed by atoms with Crippen molar-refractivity contribution in [3.05, 3.63) is 59.4 Å². The number of rotatable bonds is 1. The summed E-state index contributed by atoms with van der Waals surface area (Å²) in [5, 5.41) is 1.20. The summed E-state index contributed by atoms with van der Waals surface area (Å²) in [4.78, 5) is 4.47. The zero-order valence-electron chi connectivity index (χ0n) is 12.4. The lowest BCUT2D eigenvalue weighted by atomic mass is 9.95. The fourth-order valence-electron chi connectivity index (χ4n) is 2.82. The maximum atomic E-state index is 4.47. The average Bonchev–Trinajstić information content (AvgIpc) is 2.43. The summed E-state index contributed by atoms with van der Waals surface area (Å²) in [5.74, 6) is 0. The van der Waals surface area contributed by atoms with Crippen molar-refractivity contribution in [3.8, 4) is 11.3 Å². The second-order valence-corrected chi connectivity index (χ2v) is 5.47. The molecule has 20 heavy (non-hydrogen) atoms. The van der Waals surface area contributed by atoms with Gasteiger partial charge in [0.05, 0.1) is 16.5 Å². The molecule has 2 heteroatoms. The van der Waals surface area contributed by atoms with Gasteiger partial charge >= 0.3 is 0 Å². The lowest BCUT2D eigenvalue weighted by Crippen LogP contribution is -2.31. The number of hydrogen-bond donors (Lipinski definition) is 0. The Labute approximate surface area is 119 Å². The first-order chi connectivity index (χ1) is 9.58. The Kier molecular flexibility index (Phi) is 3.01. The molecular weight excluding hydrogens is 244 g/mol. The van der Waals surface area contributed by atoms with Crippen molar-refractivity contribution in [2.75, 3.05) is 0 Å². The van der Waals surface area contributed by atoms with Crippen LogP contribution in [0.1, 0.15) is 16.7 Å². The van der Waals surface area contributed by atoms with E-state index < -0.39 is 0 Å². The second-order valence-electron chi connectivity index (χ2n) is 5.47. The Balaban J connectivity index is 2.43. The third kappa shape index (κ3) is 1.97. The zero-order valence-corrected chi connectivity index (χ0v) is 12.4. The summed E-state index contributed by atoms with van der Waals surface area (Å²) < 4.78 is 2.19. The molecule has 2 nitrogen and oxygen atoms in total. The van der Waals surface area contributed by atoms with Gasteiger partial charge in [-0.3, -0.25) is 4.98 Å². The maximum absolute atomic E-state index is 4.47. The van der Waals surface area contributed by atoms with Crippen molar-refractivity contribution in [2.24, 2.45) is 7.05 Å². The van der Waals surface area contributed by atoms with Gasteiger partial charge in [-0.2, -0.15) is 0 Å². The van der Waals surface area contributed by atoms with E-state index >= 15 is 0 Å². The Hall–Kier alpha value is -2.22. The average molecular weight is 263 g/mol. The second kappa shape index (κ2) is 4.71. The molecule has 1 aromatic carbocycles. The SMILES string of the molecule is Cc1cc(C)c(C)c(-c2c3cccnc3cc[n+]2C)c1. The molecule has 0 atom stereocenters. The first-order valence-electron chi connectivity index (χ1n) is 6.89. The molecule has 100 valence electrons. The normalized spacial score (nSPS) is 11.0. The van der Waals surface area contributed by atoms with Crippen LogP contribution in [-0.2, 0) is 7.05 Å². The lowest BCUT2D eigenvalue weighted by Gasteiger charge is -2.10. The van der Waals surface area contributed by atoms with Crippen molar-refractivity contribution in [1.82, 2.24) is 4.98 Å². The van der Waals surface area contributed by atoms with E-state index in [2.05, 4.69) is 67.8 Å². The van der Waals surface area contributed by atoms with Crippen LogP contribution in [0.15, 0.2) is 42.7 Å². The van der Waals surface area contributed by atoms with Gasteiger partial charge in [-0.05, 0) is 50.1 Å². The van der Waals surface area contributed by atoms with Crippen LogP contribution in [0.4, 0.5) is 0 Å². The van der Waals surface area contributed by atoms with E-state index in [9.17, 15) is 0 Å². The molecule has 0 saturated carbocycles. The molecule has 2 heterocycles.